The molecule has 0 atom stereocenters. The molecule has 0 aliphatic heterocycles. The second-order valence-electron chi connectivity index (χ2n) is 5.34. The number of benzene rings is 1. The zero-order chi connectivity index (χ0) is 13.4. The number of H-pyrrole nitrogens is 1. The summed E-state index contributed by atoms with van der Waals surface area (Å²) in [5.74, 6) is 0.596. The Labute approximate surface area is 112 Å². The molecule has 1 fully saturated rings. The lowest BCUT2D eigenvalue weighted by molar-refractivity contribution is 0.420. The Hall–Kier alpha value is -1.90. The SMILES string of the molecule is Cc1nc(-c2ccccc2C2CCC2)c(=O)[nH]c1C. The zero-order valence-corrected chi connectivity index (χ0v) is 11.4. The third-order valence-corrected chi connectivity index (χ3v) is 4.10. The molecule has 1 heterocycles. The van der Waals surface area contributed by atoms with Crippen LogP contribution >= 0.6 is 0 Å². The quantitative estimate of drug-likeness (QED) is 0.893. The molecule has 1 aromatic heterocycles. The maximum Gasteiger partial charge on any atom is 0.274 e. The molecule has 3 nitrogen and oxygen atoms in total. The number of nitrogens with zero attached hydrogens (tertiary/aromatic N) is 1. The summed E-state index contributed by atoms with van der Waals surface area (Å²) >= 11 is 0. The summed E-state index contributed by atoms with van der Waals surface area (Å²) in [6.45, 7) is 3.81. The van der Waals surface area contributed by atoms with Gasteiger partial charge in [0.25, 0.3) is 5.56 Å². The van der Waals surface area contributed by atoms with E-state index in [1.165, 1.54) is 24.8 Å². The van der Waals surface area contributed by atoms with Gasteiger partial charge in [0.05, 0.1) is 5.69 Å². The first-order chi connectivity index (χ1) is 9.16. The second kappa shape index (κ2) is 4.65. The van der Waals surface area contributed by atoms with Crippen LogP contribution in [0.2, 0.25) is 0 Å². The van der Waals surface area contributed by atoms with E-state index < -0.39 is 0 Å². The lowest BCUT2D eigenvalue weighted by atomic mass is 9.78. The number of hydrogen-bond acceptors (Lipinski definition) is 2. The van der Waals surface area contributed by atoms with Crippen molar-refractivity contribution in [1.82, 2.24) is 9.97 Å². The van der Waals surface area contributed by atoms with Crippen LogP contribution in [0.25, 0.3) is 11.3 Å². The number of aromatic nitrogens is 2. The maximum absolute atomic E-state index is 12.2. The standard InChI is InChI=1S/C16H18N2O/c1-10-11(2)18-16(19)15(17-10)14-9-4-3-8-13(14)12-6-5-7-12/h3-4,8-9,12H,5-7H2,1-2H3,(H,18,19). The van der Waals surface area contributed by atoms with E-state index in [0.717, 1.165) is 17.0 Å². The number of hydrogen-bond donors (Lipinski definition) is 1. The molecule has 2 aromatic rings. The van der Waals surface area contributed by atoms with Gasteiger partial charge >= 0.3 is 0 Å². The first-order valence-electron chi connectivity index (χ1n) is 6.83. The van der Waals surface area contributed by atoms with Crippen molar-refractivity contribution in [2.24, 2.45) is 0 Å². The largest absolute Gasteiger partial charge is 0.323 e. The van der Waals surface area contributed by atoms with Crippen LogP contribution in [-0.4, -0.2) is 9.97 Å². The van der Waals surface area contributed by atoms with E-state index >= 15 is 0 Å². The molecule has 3 rings (SSSR count). The van der Waals surface area contributed by atoms with Gasteiger partial charge in [-0.25, -0.2) is 4.98 Å². The van der Waals surface area contributed by atoms with Crippen LogP contribution in [0.1, 0.15) is 42.1 Å². The fourth-order valence-electron chi connectivity index (χ4n) is 2.59. The van der Waals surface area contributed by atoms with Gasteiger partial charge in [0.15, 0.2) is 0 Å². The summed E-state index contributed by atoms with van der Waals surface area (Å²) < 4.78 is 0. The van der Waals surface area contributed by atoms with Gasteiger partial charge in [0.2, 0.25) is 0 Å². The van der Waals surface area contributed by atoms with Gasteiger partial charge < -0.3 is 4.98 Å². The van der Waals surface area contributed by atoms with E-state index in [1.54, 1.807) is 0 Å². The molecule has 3 heteroatoms. The van der Waals surface area contributed by atoms with Crippen LogP contribution in [0.15, 0.2) is 29.1 Å². The Morgan fingerprint density at radius 3 is 2.63 bits per heavy atom. The van der Waals surface area contributed by atoms with E-state index in [9.17, 15) is 4.79 Å². The van der Waals surface area contributed by atoms with E-state index in [-0.39, 0.29) is 5.56 Å². The fraction of sp³-hybridized carbons (Fsp3) is 0.375. The molecule has 0 amide bonds. The normalized spacial score (nSPS) is 15.3. The molecule has 0 unspecified atom stereocenters. The number of nitrogens with one attached hydrogen (secondary N) is 1. The number of rotatable bonds is 2. The van der Waals surface area contributed by atoms with Crippen molar-refractivity contribution in [2.45, 2.75) is 39.0 Å². The summed E-state index contributed by atoms with van der Waals surface area (Å²) in [7, 11) is 0. The van der Waals surface area contributed by atoms with Crippen molar-refractivity contribution in [2.75, 3.05) is 0 Å². The predicted octanol–water partition coefficient (Wildman–Crippen LogP) is 3.32. The van der Waals surface area contributed by atoms with Crippen LogP contribution in [0, 0.1) is 13.8 Å². The van der Waals surface area contributed by atoms with Crippen LogP contribution in [0.4, 0.5) is 0 Å². The highest BCUT2D eigenvalue weighted by molar-refractivity contribution is 5.64. The first-order valence-corrected chi connectivity index (χ1v) is 6.83. The molecular formula is C16H18N2O. The van der Waals surface area contributed by atoms with Gasteiger partial charge in [-0.15, -0.1) is 0 Å². The Morgan fingerprint density at radius 1 is 1.21 bits per heavy atom. The minimum Gasteiger partial charge on any atom is -0.323 e. The smallest absolute Gasteiger partial charge is 0.274 e. The average molecular weight is 254 g/mol. The molecule has 98 valence electrons. The molecule has 1 aliphatic carbocycles. The molecule has 19 heavy (non-hydrogen) atoms. The van der Waals surface area contributed by atoms with Gasteiger partial charge in [-0.1, -0.05) is 30.7 Å². The highest BCUT2D eigenvalue weighted by Gasteiger charge is 2.23. The van der Waals surface area contributed by atoms with Gasteiger partial charge in [-0.05, 0) is 38.2 Å². The Bertz CT molecular complexity index is 669. The molecule has 1 saturated carbocycles. The zero-order valence-electron chi connectivity index (χ0n) is 11.4. The van der Waals surface area contributed by atoms with E-state index in [2.05, 4.69) is 16.0 Å². The van der Waals surface area contributed by atoms with Crippen molar-refractivity contribution in [3.63, 3.8) is 0 Å². The lowest BCUT2D eigenvalue weighted by Gasteiger charge is -2.27. The molecular weight excluding hydrogens is 236 g/mol. The second-order valence-corrected chi connectivity index (χ2v) is 5.34. The molecule has 1 N–H and O–H groups in total. The molecule has 1 aromatic carbocycles. The minimum absolute atomic E-state index is 0.0881. The highest BCUT2D eigenvalue weighted by Crippen LogP contribution is 2.40. The summed E-state index contributed by atoms with van der Waals surface area (Å²) in [6, 6.07) is 8.18. The van der Waals surface area contributed by atoms with Crippen molar-refractivity contribution in [1.29, 1.82) is 0 Å². The Kier molecular flexibility index (Phi) is 2.97. The van der Waals surface area contributed by atoms with Crippen LogP contribution in [0.5, 0.6) is 0 Å². The van der Waals surface area contributed by atoms with Gasteiger partial charge in [0.1, 0.15) is 5.69 Å². The molecule has 0 bridgehead atoms. The third-order valence-electron chi connectivity index (χ3n) is 4.10. The van der Waals surface area contributed by atoms with Gasteiger partial charge in [-0.3, -0.25) is 4.79 Å². The van der Waals surface area contributed by atoms with Crippen molar-refractivity contribution < 1.29 is 0 Å². The highest BCUT2D eigenvalue weighted by atomic mass is 16.1. The van der Waals surface area contributed by atoms with Crippen LogP contribution < -0.4 is 5.56 Å². The van der Waals surface area contributed by atoms with Crippen LogP contribution in [-0.2, 0) is 0 Å². The first kappa shape index (κ1) is 12.2. The van der Waals surface area contributed by atoms with Gasteiger partial charge in [0, 0.05) is 11.3 Å². The van der Waals surface area contributed by atoms with Gasteiger partial charge in [-0.2, -0.15) is 0 Å². The maximum atomic E-state index is 12.2. The molecule has 0 radical (unpaired) electrons. The number of aryl methyl sites for hydroxylation is 2. The van der Waals surface area contributed by atoms with E-state index in [0.29, 0.717) is 11.6 Å². The van der Waals surface area contributed by atoms with Crippen molar-refractivity contribution in [3.8, 4) is 11.3 Å². The average Bonchev–Trinajstić information content (AvgIpc) is 2.33. The Balaban J connectivity index is 2.17. The van der Waals surface area contributed by atoms with Crippen LogP contribution in [0.3, 0.4) is 0 Å². The number of aromatic amines is 1. The Morgan fingerprint density at radius 2 is 1.95 bits per heavy atom. The summed E-state index contributed by atoms with van der Waals surface area (Å²) in [5, 5.41) is 0. The fourth-order valence-corrected chi connectivity index (χ4v) is 2.59. The summed E-state index contributed by atoms with van der Waals surface area (Å²) in [4.78, 5) is 19.5. The monoisotopic (exact) mass is 254 g/mol. The molecule has 1 aliphatic rings. The minimum atomic E-state index is -0.0881. The van der Waals surface area contributed by atoms with E-state index in [1.807, 2.05) is 32.0 Å². The lowest BCUT2D eigenvalue weighted by Crippen LogP contribution is -2.17. The third kappa shape index (κ3) is 2.09. The molecule has 0 spiro atoms. The predicted molar refractivity (Wildman–Crippen MR) is 76.4 cm³/mol. The summed E-state index contributed by atoms with van der Waals surface area (Å²) in [5.41, 5.74) is 4.47. The molecule has 0 saturated heterocycles. The summed E-state index contributed by atoms with van der Waals surface area (Å²) in [6.07, 6.45) is 3.73. The van der Waals surface area contributed by atoms with E-state index in [4.69, 9.17) is 0 Å². The van der Waals surface area contributed by atoms with Crippen molar-refractivity contribution >= 4 is 0 Å². The topological polar surface area (TPSA) is 45.8 Å². The van der Waals surface area contributed by atoms with Crippen molar-refractivity contribution in [3.05, 3.63) is 51.6 Å².